The fourth-order valence-electron chi connectivity index (χ4n) is 4.00. The number of hydrogen-bond donors (Lipinski definition) is 1. The molecule has 2 aliphatic rings. The average Bonchev–Trinajstić information content (AvgIpc) is 2.90. The molecule has 3 rings (SSSR count). The lowest BCUT2D eigenvalue weighted by Gasteiger charge is -2.42. The van der Waals surface area contributed by atoms with Crippen molar-refractivity contribution in [3.8, 4) is 0 Å². The predicted molar refractivity (Wildman–Crippen MR) is 84.0 cm³/mol. The molecule has 22 heavy (non-hydrogen) atoms. The SMILES string of the molecule is CC(=O)N1CC(CO)C2(CCN(Cc3cccnc3)CC2)C1. The van der Waals surface area contributed by atoms with E-state index in [1.54, 1.807) is 13.1 Å². The van der Waals surface area contributed by atoms with Gasteiger partial charge in [0.05, 0.1) is 0 Å². The maximum absolute atomic E-state index is 11.7. The maximum Gasteiger partial charge on any atom is 0.219 e. The molecule has 0 radical (unpaired) electrons. The molecule has 1 spiro atoms. The first-order valence-corrected chi connectivity index (χ1v) is 8.10. The van der Waals surface area contributed by atoms with Crippen molar-refractivity contribution in [2.24, 2.45) is 11.3 Å². The van der Waals surface area contributed by atoms with Crippen LogP contribution in [0, 0.1) is 11.3 Å². The number of carbonyl (C=O) groups excluding carboxylic acids is 1. The van der Waals surface area contributed by atoms with Crippen molar-refractivity contribution in [1.29, 1.82) is 0 Å². The molecule has 0 aliphatic carbocycles. The van der Waals surface area contributed by atoms with Crippen LogP contribution in [0.2, 0.25) is 0 Å². The minimum absolute atomic E-state index is 0.117. The van der Waals surface area contributed by atoms with Crippen LogP contribution in [0.15, 0.2) is 24.5 Å². The summed E-state index contributed by atoms with van der Waals surface area (Å²) in [5.41, 5.74) is 1.36. The Morgan fingerprint density at radius 2 is 2.23 bits per heavy atom. The minimum Gasteiger partial charge on any atom is -0.396 e. The normalized spacial score (nSPS) is 24.8. The third kappa shape index (κ3) is 3.01. The van der Waals surface area contributed by atoms with Crippen LogP contribution in [-0.2, 0) is 11.3 Å². The largest absolute Gasteiger partial charge is 0.396 e. The van der Waals surface area contributed by atoms with Gasteiger partial charge in [-0.3, -0.25) is 14.7 Å². The highest BCUT2D eigenvalue weighted by molar-refractivity contribution is 5.73. The molecule has 1 aromatic rings. The maximum atomic E-state index is 11.7. The Balaban J connectivity index is 1.61. The molecule has 120 valence electrons. The topological polar surface area (TPSA) is 56.7 Å². The van der Waals surface area contributed by atoms with Crippen LogP contribution in [-0.4, -0.2) is 58.6 Å². The molecule has 2 aliphatic heterocycles. The van der Waals surface area contributed by atoms with Crippen molar-refractivity contribution >= 4 is 5.91 Å². The fraction of sp³-hybridized carbons (Fsp3) is 0.647. The van der Waals surface area contributed by atoms with E-state index in [1.807, 2.05) is 17.2 Å². The first-order valence-electron chi connectivity index (χ1n) is 8.10. The van der Waals surface area contributed by atoms with E-state index < -0.39 is 0 Å². The number of rotatable bonds is 3. The van der Waals surface area contributed by atoms with E-state index in [-0.39, 0.29) is 23.8 Å². The van der Waals surface area contributed by atoms with E-state index in [1.165, 1.54) is 5.56 Å². The molecule has 0 aromatic carbocycles. The summed E-state index contributed by atoms with van der Waals surface area (Å²) in [6.45, 7) is 6.33. The first kappa shape index (κ1) is 15.4. The van der Waals surface area contributed by atoms with Gasteiger partial charge in [0, 0.05) is 51.5 Å². The number of aromatic nitrogens is 1. The molecule has 2 fully saturated rings. The summed E-state index contributed by atoms with van der Waals surface area (Å²) in [6.07, 6.45) is 5.84. The molecule has 1 atom stereocenters. The molecule has 0 bridgehead atoms. The number of aliphatic hydroxyl groups excluding tert-OH is 1. The van der Waals surface area contributed by atoms with Crippen molar-refractivity contribution in [3.05, 3.63) is 30.1 Å². The lowest BCUT2D eigenvalue weighted by atomic mass is 9.71. The molecule has 1 aromatic heterocycles. The molecule has 5 nitrogen and oxygen atoms in total. The van der Waals surface area contributed by atoms with Gasteiger partial charge in [-0.1, -0.05) is 6.07 Å². The second-order valence-corrected chi connectivity index (χ2v) is 6.78. The highest BCUT2D eigenvalue weighted by Gasteiger charge is 2.48. The molecule has 2 saturated heterocycles. The van der Waals surface area contributed by atoms with Crippen molar-refractivity contribution in [2.75, 3.05) is 32.8 Å². The van der Waals surface area contributed by atoms with Gasteiger partial charge < -0.3 is 10.0 Å². The second kappa shape index (κ2) is 6.34. The van der Waals surface area contributed by atoms with Gasteiger partial charge in [0.1, 0.15) is 0 Å². The Bertz CT molecular complexity index is 512. The van der Waals surface area contributed by atoms with Gasteiger partial charge in [0.2, 0.25) is 5.91 Å². The summed E-state index contributed by atoms with van der Waals surface area (Å²) in [5, 5.41) is 9.72. The minimum atomic E-state index is 0.117. The Kier molecular flexibility index (Phi) is 4.45. The van der Waals surface area contributed by atoms with Gasteiger partial charge in [0.25, 0.3) is 0 Å². The zero-order chi connectivity index (χ0) is 15.6. The van der Waals surface area contributed by atoms with E-state index in [0.29, 0.717) is 6.54 Å². The number of piperidine rings is 1. The summed E-state index contributed by atoms with van der Waals surface area (Å²) < 4.78 is 0. The first-order chi connectivity index (χ1) is 10.6. The summed E-state index contributed by atoms with van der Waals surface area (Å²) in [4.78, 5) is 20.2. The van der Waals surface area contributed by atoms with Crippen LogP contribution >= 0.6 is 0 Å². The molecule has 1 N–H and O–H groups in total. The van der Waals surface area contributed by atoms with Crippen LogP contribution in [0.3, 0.4) is 0 Å². The lowest BCUT2D eigenvalue weighted by molar-refractivity contribution is -0.128. The Labute approximate surface area is 131 Å². The van der Waals surface area contributed by atoms with E-state index in [9.17, 15) is 9.90 Å². The summed E-state index contributed by atoms with van der Waals surface area (Å²) in [7, 11) is 0. The molecule has 0 saturated carbocycles. The summed E-state index contributed by atoms with van der Waals surface area (Å²) >= 11 is 0. The predicted octanol–water partition coefficient (Wildman–Crippen LogP) is 1.13. The zero-order valence-corrected chi connectivity index (χ0v) is 13.2. The Morgan fingerprint density at radius 3 is 2.82 bits per heavy atom. The van der Waals surface area contributed by atoms with Crippen LogP contribution in [0.5, 0.6) is 0 Å². The lowest BCUT2D eigenvalue weighted by Crippen LogP contribution is -2.44. The number of hydrogen-bond acceptors (Lipinski definition) is 4. The zero-order valence-electron chi connectivity index (χ0n) is 13.2. The van der Waals surface area contributed by atoms with E-state index in [2.05, 4.69) is 16.0 Å². The third-order valence-electron chi connectivity index (χ3n) is 5.46. The average molecular weight is 303 g/mol. The number of aliphatic hydroxyl groups is 1. The van der Waals surface area contributed by atoms with Gasteiger partial charge in [-0.05, 0) is 43.0 Å². The van der Waals surface area contributed by atoms with Gasteiger partial charge in [-0.15, -0.1) is 0 Å². The third-order valence-corrected chi connectivity index (χ3v) is 5.46. The molecule has 3 heterocycles. The van der Waals surface area contributed by atoms with Gasteiger partial charge in [0.15, 0.2) is 0 Å². The van der Waals surface area contributed by atoms with E-state index in [4.69, 9.17) is 0 Å². The van der Waals surface area contributed by atoms with Gasteiger partial charge in [-0.2, -0.15) is 0 Å². The van der Waals surface area contributed by atoms with E-state index >= 15 is 0 Å². The highest BCUT2D eigenvalue weighted by atomic mass is 16.3. The Morgan fingerprint density at radius 1 is 1.45 bits per heavy atom. The molecule has 1 amide bonds. The quantitative estimate of drug-likeness (QED) is 0.909. The Hall–Kier alpha value is -1.46. The van der Waals surface area contributed by atoms with Crippen LogP contribution in [0.25, 0.3) is 0 Å². The van der Waals surface area contributed by atoms with Gasteiger partial charge >= 0.3 is 0 Å². The smallest absolute Gasteiger partial charge is 0.219 e. The summed E-state index contributed by atoms with van der Waals surface area (Å²) in [5.74, 6) is 0.366. The second-order valence-electron chi connectivity index (χ2n) is 6.78. The molecular weight excluding hydrogens is 278 g/mol. The van der Waals surface area contributed by atoms with Crippen LogP contribution < -0.4 is 0 Å². The van der Waals surface area contributed by atoms with Crippen LogP contribution in [0.1, 0.15) is 25.3 Å². The van der Waals surface area contributed by atoms with Crippen molar-refractivity contribution < 1.29 is 9.90 Å². The van der Waals surface area contributed by atoms with Crippen molar-refractivity contribution in [1.82, 2.24) is 14.8 Å². The van der Waals surface area contributed by atoms with Crippen molar-refractivity contribution in [2.45, 2.75) is 26.3 Å². The highest BCUT2D eigenvalue weighted by Crippen LogP contribution is 2.44. The number of likely N-dealkylation sites (tertiary alicyclic amines) is 2. The number of carbonyl (C=O) groups is 1. The van der Waals surface area contributed by atoms with Gasteiger partial charge in [-0.25, -0.2) is 0 Å². The molecular formula is C17H25N3O2. The fourth-order valence-corrected chi connectivity index (χ4v) is 4.00. The molecule has 1 unspecified atom stereocenters. The van der Waals surface area contributed by atoms with Crippen molar-refractivity contribution in [3.63, 3.8) is 0 Å². The standard InChI is InChI=1S/C17H25N3O2/c1-14(22)20-11-16(12-21)17(13-20)4-7-19(8-5-17)10-15-3-2-6-18-9-15/h2-3,6,9,16,21H,4-5,7-8,10-13H2,1H3. The number of amides is 1. The monoisotopic (exact) mass is 303 g/mol. The summed E-state index contributed by atoms with van der Waals surface area (Å²) in [6, 6.07) is 4.09. The number of pyridine rings is 1. The van der Waals surface area contributed by atoms with E-state index in [0.717, 1.165) is 39.0 Å². The molecule has 5 heteroatoms. The number of nitrogens with zero attached hydrogens (tertiary/aromatic N) is 3. The van der Waals surface area contributed by atoms with Crippen LogP contribution in [0.4, 0.5) is 0 Å².